The van der Waals surface area contributed by atoms with Crippen LogP contribution in [0.3, 0.4) is 0 Å². The van der Waals surface area contributed by atoms with Gasteiger partial charge in [0.25, 0.3) is 5.91 Å². The van der Waals surface area contributed by atoms with Gasteiger partial charge in [0, 0.05) is 13.1 Å². The molecule has 0 atom stereocenters. The fourth-order valence-corrected chi connectivity index (χ4v) is 1.69. The van der Waals surface area contributed by atoms with E-state index < -0.39 is 24.5 Å². The van der Waals surface area contributed by atoms with Crippen LogP contribution in [-0.2, 0) is 19.1 Å². The summed E-state index contributed by atoms with van der Waals surface area (Å²) in [5.74, 6) is -1.28. The zero-order valence-corrected chi connectivity index (χ0v) is 13.0. The molecule has 0 aliphatic heterocycles. The van der Waals surface area contributed by atoms with Crippen LogP contribution in [0.25, 0.3) is 6.08 Å². The molecule has 7 heteroatoms. The Morgan fingerprint density at radius 2 is 1.83 bits per heavy atom. The van der Waals surface area contributed by atoms with E-state index in [1.807, 2.05) is 18.2 Å². The van der Waals surface area contributed by atoms with Crippen molar-refractivity contribution in [2.45, 2.75) is 0 Å². The average Bonchev–Trinajstić information content (AvgIpc) is 2.57. The maximum Gasteiger partial charge on any atom is 0.327 e. The van der Waals surface area contributed by atoms with Crippen LogP contribution in [0.15, 0.2) is 36.4 Å². The number of carbonyl (C=O) groups excluding carboxylic acids is 4. The highest BCUT2D eigenvalue weighted by Gasteiger charge is 2.24. The highest BCUT2D eigenvalue weighted by molar-refractivity contribution is 6.03. The van der Waals surface area contributed by atoms with Crippen molar-refractivity contribution < 1.29 is 23.9 Å². The molecule has 0 heterocycles. The molecule has 0 aliphatic rings. The van der Waals surface area contributed by atoms with Gasteiger partial charge in [0.2, 0.25) is 0 Å². The van der Waals surface area contributed by atoms with Gasteiger partial charge in [-0.25, -0.2) is 4.79 Å². The third-order valence-corrected chi connectivity index (χ3v) is 2.89. The second-order valence-electron chi connectivity index (χ2n) is 4.57. The van der Waals surface area contributed by atoms with E-state index in [2.05, 4.69) is 4.74 Å². The Balaban J connectivity index is 2.81. The summed E-state index contributed by atoms with van der Waals surface area (Å²) in [5.41, 5.74) is 0.780. The molecule has 0 unspecified atom stereocenters. The van der Waals surface area contributed by atoms with Crippen LogP contribution in [0, 0.1) is 0 Å². The molecule has 3 amide bonds. The topological polar surface area (TPSA) is 84.0 Å². The van der Waals surface area contributed by atoms with Gasteiger partial charge in [-0.05, 0) is 11.6 Å². The number of amides is 3. The smallest absolute Gasteiger partial charge is 0.327 e. The fraction of sp³-hybridized carbons (Fsp3) is 0.250. The van der Waals surface area contributed by atoms with Crippen molar-refractivity contribution in [1.29, 1.82) is 0 Å². The zero-order chi connectivity index (χ0) is 17.2. The quantitative estimate of drug-likeness (QED) is 0.443. The van der Waals surface area contributed by atoms with Crippen LogP contribution in [-0.4, -0.2) is 61.2 Å². The standard InChI is InChI=1S/C16H18N2O5/c1-17(12-15(21)23-2)16(22)18(10-11-19)14(20)9-8-13-6-4-3-5-7-13/h3-9,11H,10,12H2,1-2H3/b9-8+. The van der Waals surface area contributed by atoms with E-state index >= 15 is 0 Å². The molecule has 0 saturated carbocycles. The van der Waals surface area contributed by atoms with Crippen molar-refractivity contribution in [1.82, 2.24) is 9.80 Å². The zero-order valence-electron chi connectivity index (χ0n) is 13.0. The third kappa shape index (κ3) is 5.74. The predicted octanol–water partition coefficient (Wildman–Crippen LogP) is 0.952. The lowest BCUT2D eigenvalue weighted by Crippen LogP contribution is -2.46. The summed E-state index contributed by atoms with van der Waals surface area (Å²) >= 11 is 0. The van der Waals surface area contributed by atoms with Gasteiger partial charge in [0.15, 0.2) is 0 Å². The monoisotopic (exact) mass is 318 g/mol. The van der Waals surface area contributed by atoms with E-state index in [1.165, 1.54) is 26.3 Å². The highest BCUT2D eigenvalue weighted by atomic mass is 16.5. The average molecular weight is 318 g/mol. The van der Waals surface area contributed by atoms with Gasteiger partial charge < -0.3 is 14.4 Å². The van der Waals surface area contributed by atoms with E-state index in [4.69, 9.17) is 0 Å². The number of imide groups is 1. The molecule has 122 valence electrons. The van der Waals surface area contributed by atoms with Crippen molar-refractivity contribution in [3.63, 3.8) is 0 Å². The Kier molecular flexibility index (Phi) is 7.19. The predicted molar refractivity (Wildman–Crippen MR) is 83.3 cm³/mol. The SMILES string of the molecule is COC(=O)CN(C)C(=O)N(CC=O)C(=O)/C=C/c1ccccc1. The molecule has 0 N–H and O–H groups in total. The largest absolute Gasteiger partial charge is 0.468 e. The number of carbonyl (C=O) groups is 4. The van der Waals surface area contributed by atoms with Crippen molar-refractivity contribution in [3.8, 4) is 0 Å². The molecule has 0 aliphatic carbocycles. The number of urea groups is 1. The maximum absolute atomic E-state index is 12.2. The molecule has 1 aromatic carbocycles. The summed E-state index contributed by atoms with van der Waals surface area (Å²) in [4.78, 5) is 47.9. The van der Waals surface area contributed by atoms with Gasteiger partial charge in [-0.3, -0.25) is 14.5 Å². The van der Waals surface area contributed by atoms with Crippen molar-refractivity contribution in [2.75, 3.05) is 27.2 Å². The summed E-state index contributed by atoms with van der Waals surface area (Å²) < 4.78 is 4.46. The van der Waals surface area contributed by atoms with Gasteiger partial charge in [-0.2, -0.15) is 0 Å². The molecule has 23 heavy (non-hydrogen) atoms. The summed E-state index contributed by atoms with van der Waals surface area (Å²) in [6.45, 7) is -0.720. The van der Waals surface area contributed by atoms with Crippen LogP contribution in [0.2, 0.25) is 0 Å². The molecule has 0 bridgehead atoms. The van der Waals surface area contributed by atoms with E-state index in [0.717, 1.165) is 15.4 Å². The highest BCUT2D eigenvalue weighted by Crippen LogP contribution is 2.04. The first-order valence-electron chi connectivity index (χ1n) is 6.79. The Morgan fingerprint density at radius 3 is 2.39 bits per heavy atom. The number of nitrogens with zero attached hydrogens (tertiary/aromatic N) is 2. The summed E-state index contributed by atoms with van der Waals surface area (Å²) in [6.07, 6.45) is 3.18. The van der Waals surface area contributed by atoms with Crippen molar-refractivity contribution in [3.05, 3.63) is 42.0 Å². The van der Waals surface area contributed by atoms with Gasteiger partial charge in [0.1, 0.15) is 12.8 Å². The normalized spacial score (nSPS) is 10.2. The second kappa shape index (κ2) is 9.14. The molecule has 0 radical (unpaired) electrons. The first-order valence-corrected chi connectivity index (χ1v) is 6.79. The first kappa shape index (κ1) is 18.1. The molecule has 7 nitrogen and oxygen atoms in total. The van der Waals surface area contributed by atoms with E-state index in [-0.39, 0.29) is 6.54 Å². The number of esters is 1. The van der Waals surface area contributed by atoms with Crippen LogP contribution in [0.4, 0.5) is 4.79 Å². The number of rotatable bonds is 6. The fourth-order valence-electron chi connectivity index (χ4n) is 1.69. The number of ether oxygens (including phenoxy) is 1. The molecule has 1 rings (SSSR count). The van der Waals surface area contributed by atoms with Gasteiger partial charge in [0.05, 0.1) is 13.7 Å². The Morgan fingerprint density at radius 1 is 1.17 bits per heavy atom. The second-order valence-corrected chi connectivity index (χ2v) is 4.57. The third-order valence-electron chi connectivity index (χ3n) is 2.89. The number of aldehydes is 1. The lowest BCUT2D eigenvalue weighted by molar-refractivity contribution is -0.141. The summed E-state index contributed by atoms with van der Waals surface area (Å²) in [6, 6.07) is 8.28. The number of benzene rings is 1. The molecule has 0 fully saturated rings. The van der Waals surface area contributed by atoms with Crippen molar-refractivity contribution in [2.24, 2.45) is 0 Å². The Hall–Kier alpha value is -2.96. The molecular weight excluding hydrogens is 300 g/mol. The lowest BCUT2D eigenvalue weighted by atomic mass is 10.2. The summed E-state index contributed by atoms with van der Waals surface area (Å²) in [5, 5.41) is 0. The van der Waals surface area contributed by atoms with Crippen LogP contribution >= 0.6 is 0 Å². The minimum atomic E-state index is -0.759. The Labute approximate surface area is 134 Å². The molecule has 0 spiro atoms. The van der Waals surface area contributed by atoms with Crippen LogP contribution in [0.1, 0.15) is 5.56 Å². The molecule has 0 aromatic heterocycles. The molecule has 1 aromatic rings. The van der Waals surface area contributed by atoms with Gasteiger partial charge in [-0.15, -0.1) is 0 Å². The van der Waals surface area contributed by atoms with Crippen molar-refractivity contribution >= 4 is 30.3 Å². The minimum absolute atomic E-state index is 0.319. The first-order chi connectivity index (χ1) is 11.0. The van der Waals surface area contributed by atoms with E-state index in [1.54, 1.807) is 12.1 Å². The Bertz CT molecular complexity index is 598. The number of hydrogen-bond donors (Lipinski definition) is 0. The number of likely N-dealkylation sites (N-methyl/N-ethyl adjacent to an activating group) is 1. The van der Waals surface area contributed by atoms with Gasteiger partial charge >= 0.3 is 12.0 Å². The van der Waals surface area contributed by atoms with Crippen LogP contribution in [0.5, 0.6) is 0 Å². The van der Waals surface area contributed by atoms with E-state index in [0.29, 0.717) is 6.29 Å². The maximum atomic E-state index is 12.2. The number of methoxy groups -OCH3 is 1. The van der Waals surface area contributed by atoms with Gasteiger partial charge in [-0.1, -0.05) is 30.3 Å². The summed E-state index contributed by atoms with van der Waals surface area (Å²) in [7, 11) is 2.53. The number of hydrogen-bond acceptors (Lipinski definition) is 5. The lowest BCUT2D eigenvalue weighted by Gasteiger charge is -2.23. The molecular formula is C16H18N2O5. The molecule has 0 saturated heterocycles. The van der Waals surface area contributed by atoms with Crippen LogP contribution < -0.4 is 0 Å². The van der Waals surface area contributed by atoms with E-state index in [9.17, 15) is 19.2 Å². The minimum Gasteiger partial charge on any atom is -0.468 e.